The molecule has 1 atom stereocenters. The summed E-state index contributed by atoms with van der Waals surface area (Å²) in [7, 11) is 0. The van der Waals surface area contributed by atoms with Gasteiger partial charge < -0.3 is 9.05 Å². The molecule has 1 heterocycles. The van der Waals surface area contributed by atoms with Gasteiger partial charge in [-0.25, -0.2) is 0 Å². The Morgan fingerprint density at radius 3 is 3.18 bits per heavy atom. The lowest BCUT2D eigenvalue weighted by atomic mass is 10.4. The van der Waals surface area contributed by atoms with Crippen LogP contribution < -0.4 is 0 Å². The normalized spacial score (nSPS) is 11.5. The van der Waals surface area contributed by atoms with Crippen molar-refractivity contribution in [3.8, 4) is 0 Å². The number of hydrogen-bond donors (Lipinski definition) is 0. The largest absolute Gasteiger partial charge is 0.359 e. The van der Waals surface area contributed by atoms with Crippen LogP contribution in [-0.4, -0.2) is 5.16 Å². The topological polar surface area (TPSA) is 35.3 Å². The van der Waals surface area contributed by atoms with E-state index < -0.39 is 0 Å². The molecule has 1 unspecified atom stereocenters. The minimum Gasteiger partial charge on any atom is -0.359 e. The molecule has 0 radical (unpaired) electrons. The third kappa shape index (κ3) is 3.36. The maximum atomic E-state index is 5.14. The van der Waals surface area contributed by atoms with Crippen LogP contribution in [0.25, 0.3) is 0 Å². The van der Waals surface area contributed by atoms with Crippen LogP contribution in [-0.2, 0) is 16.5 Å². The Balaban J connectivity index is 2.44. The second-order valence-corrected chi connectivity index (χ2v) is 4.11. The summed E-state index contributed by atoms with van der Waals surface area (Å²) in [6.45, 7) is 0.979. The highest BCUT2D eigenvalue weighted by molar-refractivity contribution is 14.2. The molecule has 0 N–H and O–H groups in total. The van der Waals surface area contributed by atoms with Gasteiger partial charge in [0.25, 0.3) is 0 Å². The number of hydrogen-bond acceptors (Lipinski definition) is 3. The summed E-state index contributed by atoms with van der Waals surface area (Å²) in [5.41, 5.74) is 0.903. The third-order valence-corrected chi connectivity index (χ3v) is 2.78. The van der Waals surface area contributed by atoms with Gasteiger partial charge >= 0.3 is 0 Å². The first-order chi connectivity index (χ1) is 5.36. The number of alkyl halides is 1. The zero-order valence-corrected chi connectivity index (χ0v) is 10.3. The van der Waals surface area contributed by atoms with E-state index in [0.29, 0.717) is 13.1 Å². The predicted molar refractivity (Wildman–Crippen MR) is 56.3 cm³/mol. The second-order valence-electron chi connectivity index (χ2n) is 1.78. The summed E-state index contributed by atoms with van der Waals surface area (Å²) in [4.78, 5) is 0. The Hall–Kier alpha value is 0.810. The van der Waals surface area contributed by atoms with Crippen molar-refractivity contribution in [2.75, 3.05) is 0 Å². The van der Waals surface area contributed by atoms with E-state index in [0.717, 1.165) is 16.8 Å². The first-order valence-electron chi connectivity index (χ1n) is 2.84. The van der Waals surface area contributed by atoms with E-state index >= 15 is 0 Å². The van der Waals surface area contributed by atoms with E-state index in [1.54, 1.807) is 0 Å². The van der Waals surface area contributed by atoms with Crippen LogP contribution in [0, 0.1) is 0 Å². The minimum absolute atomic E-state index is 0.464. The van der Waals surface area contributed by atoms with Crippen LogP contribution in [0.4, 0.5) is 0 Å². The average Bonchev–Trinajstić information content (AvgIpc) is 2.48. The molecule has 62 valence electrons. The standard InChI is InChI=1S/C5H6BrINO2P/c6-2-4-1-5(10-8-4)3-9-11-7/h1,11H,2-3H2. The minimum atomic E-state index is 0.464. The van der Waals surface area contributed by atoms with Crippen molar-refractivity contribution >= 4 is 44.4 Å². The zero-order chi connectivity index (χ0) is 8.10. The Labute approximate surface area is 87.7 Å². The summed E-state index contributed by atoms with van der Waals surface area (Å²) >= 11 is 5.44. The number of nitrogens with zero attached hydrogens (tertiary/aromatic N) is 1. The molecule has 0 fully saturated rings. The van der Waals surface area contributed by atoms with Crippen molar-refractivity contribution in [2.45, 2.75) is 11.9 Å². The molecule has 0 amide bonds. The highest BCUT2D eigenvalue weighted by atomic mass is 127. The predicted octanol–water partition coefficient (Wildman–Crippen LogP) is 3.03. The molecular formula is C5H6BrINO2P. The molecule has 6 heteroatoms. The van der Waals surface area contributed by atoms with E-state index in [1.165, 1.54) is 0 Å². The van der Waals surface area contributed by atoms with E-state index in [9.17, 15) is 0 Å². The maximum absolute atomic E-state index is 5.14. The number of aromatic nitrogens is 1. The molecule has 0 bridgehead atoms. The van der Waals surface area contributed by atoms with Crippen LogP contribution in [0.2, 0.25) is 0 Å². The number of rotatable bonds is 4. The fraction of sp³-hybridized carbons (Fsp3) is 0.400. The summed E-state index contributed by atoms with van der Waals surface area (Å²) < 4.78 is 10.1. The zero-order valence-electron chi connectivity index (χ0n) is 5.51. The lowest BCUT2D eigenvalue weighted by Gasteiger charge is -1.91. The maximum Gasteiger partial charge on any atom is 0.163 e. The van der Waals surface area contributed by atoms with Gasteiger partial charge in [0.05, 0.1) is 12.1 Å². The second kappa shape index (κ2) is 5.45. The summed E-state index contributed by atoms with van der Waals surface area (Å²) in [5.74, 6) is 0.781. The molecule has 0 saturated heterocycles. The van der Waals surface area contributed by atoms with E-state index in [1.807, 2.05) is 6.07 Å². The van der Waals surface area contributed by atoms with Crippen molar-refractivity contribution < 1.29 is 9.05 Å². The quantitative estimate of drug-likeness (QED) is 0.476. The molecule has 0 aromatic carbocycles. The molecule has 0 aliphatic heterocycles. The molecule has 1 aromatic heterocycles. The van der Waals surface area contributed by atoms with Gasteiger partial charge in [0.2, 0.25) is 0 Å². The van der Waals surface area contributed by atoms with Gasteiger partial charge in [-0.2, -0.15) is 0 Å². The first kappa shape index (κ1) is 9.89. The van der Waals surface area contributed by atoms with E-state index in [4.69, 9.17) is 9.05 Å². The van der Waals surface area contributed by atoms with Gasteiger partial charge in [0, 0.05) is 11.4 Å². The van der Waals surface area contributed by atoms with Crippen molar-refractivity contribution in [3.63, 3.8) is 0 Å². The Morgan fingerprint density at radius 2 is 2.64 bits per heavy atom. The van der Waals surface area contributed by atoms with Gasteiger partial charge in [-0.3, -0.25) is 0 Å². The van der Waals surface area contributed by atoms with Crippen molar-refractivity contribution in [2.24, 2.45) is 0 Å². The highest BCUT2D eigenvalue weighted by Crippen LogP contribution is 2.23. The summed E-state index contributed by atoms with van der Waals surface area (Å²) in [5, 5.41) is 4.51. The van der Waals surface area contributed by atoms with E-state index in [-0.39, 0.29) is 0 Å². The first-order valence-corrected chi connectivity index (χ1v) is 7.99. The monoisotopic (exact) mass is 349 g/mol. The van der Waals surface area contributed by atoms with Crippen molar-refractivity contribution in [1.29, 1.82) is 0 Å². The average molecular weight is 350 g/mol. The van der Waals surface area contributed by atoms with Gasteiger partial charge in [0.15, 0.2) is 5.76 Å². The van der Waals surface area contributed by atoms with Crippen LogP contribution in [0.1, 0.15) is 11.5 Å². The molecule has 3 nitrogen and oxygen atoms in total. The highest BCUT2D eigenvalue weighted by Gasteiger charge is 2.01. The smallest absolute Gasteiger partial charge is 0.163 e. The van der Waals surface area contributed by atoms with Gasteiger partial charge in [-0.15, -0.1) is 0 Å². The van der Waals surface area contributed by atoms with Crippen molar-refractivity contribution in [1.82, 2.24) is 5.16 Å². The van der Waals surface area contributed by atoms with E-state index in [2.05, 4.69) is 43.1 Å². The molecule has 0 aliphatic rings. The van der Waals surface area contributed by atoms with Gasteiger partial charge in [-0.05, 0) is 22.0 Å². The van der Waals surface area contributed by atoms with Crippen molar-refractivity contribution in [3.05, 3.63) is 17.5 Å². The van der Waals surface area contributed by atoms with Crippen LogP contribution in [0.15, 0.2) is 10.6 Å². The van der Waals surface area contributed by atoms with Gasteiger partial charge in [-0.1, -0.05) is 21.1 Å². The molecule has 0 spiro atoms. The lowest BCUT2D eigenvalue weighted by Crippen LogP contribution is -1.77. The molecule has 0 saturated carbocycles. The van der Waals surface area contributed by atoms with Crippen LogP contribution >= 0.6 is 44.4 Å². The molecule has 1 aromatic rings. The Kier molecular flexibility index (Phi) is 4.91. The summed E-state index contributed by atoms with van der Waals surface area (Å²) in [6, 6.07) is 1.88. The Bertz CT molecular complexity index is 220. The van der Waals surface area contributed by atoms with Gasteiger partial charge in [0.1, 0.15) is 6.61 Å². The molecule has 1 rings (SSSR count). The fourth-order valence-electron chi connectivity index (χ4n) is 0.585. The van der Waals surface area contributed by atoms with Crippen LogP contribution in [0.3, 0.4) is 0 Å². The molecule has 0 aliphatic carbocycles. The Morgan fingerprint density at radius 1 is 1.82 bits per heavy atom. The fourth-order valence-corrected chi connectivity index (χ4v) is 1.51. The number of halogens is 2. The molecule has 11 heavy (non-hydrogen) atoms. The molecular weight excluding hydrogens is 344 g/mol. The lowest BCUT2D eigenvalue weighted by molar-refractivity contribution is 0.279. The summed E-state index contributed by atoms with van der Waals surface area (Å²) in [6.07, 6.45) is 0. The van der Waals surface area contributed by atoms with Crippen LogP contribution in [0.5, 0.6) is 0 Å². The third-order valence-electron chi connectivity index (χ3n) is 1.01. The SMILES string of the molecule is BrCc1cc(COPI)on1.